The van der Waals surface area contributed by atoms with Gasteiger partial charge < -0.3 is 9.64 Å². The van der Waals surface area contributed by atoms with Crippen LogP contribution in [-0.2, 0) is 14.3 Å². The predicted molar refractivity (Wildman–Crippen MR) is 79.1 cm³/mol. The Balaban J connectivity index is 3.02. The fraction of sp³-hybridized carbons (Fsp3) is 0.625. The van der Waals surface area contributed by atoms with Gasteiger partial charge in [0.2, 0.25) is 5.91 Å². The van der Waals surface area contributed by atoms with Gasteiger partial charge in [-0.15, -0.1) is 13.2 Å². The van der Waals surface area contributed by atoms with Crippen LogP contribution in [0.25, 0.3) is 0 Å². The quantitative estimate of drug-likeness (QED) is 0.390. The molecule has 2 atom stereocenters. The normalized spacial score (nSPS) is 25.6. The molecule has 0 aromatic heterocycles. The highest BCUT2D eigenvalue weighted by Gasteiger charge is 2.54. The van der Waals surface area contributed by atoms with Crippen molar-refractivity contribution in [3.63, 3.8) is 0 Å². The van der Waals surface area contributed by atoms with Gasteiger partial charge in [0.05, 0.1) is 6.61 Å². The van der Waals surface area contributed by atoms with Crippen molar-refractivity contribution in [2.75, 3.05) is 13.2 Å². The largest absolute Gasteiger partial charge is 0.464 e. The molecule has 0 aromatic carbocycles. The lowest BCUT2D eigenvalue weighted by molar-refractivity contribution is -0.159. The van der Waals surface area contributed by atoms with E-state index in [1.54, 1.807) is 17.9 Å². The number of hydrogen-bond acceptors (Lipinski definition) is 3. The number of carbonyl (C=O) groups excluding carboxylic acids is 2. The van der Waals surface area contributed by atoms with Crippen molar-refractivity contribution in [1.82, 2.24) is 4.90 Å². The molecule has 4 heteroatoms. The van der Waals surface area contributed by atoms with Crippen LogP contribution in [0.3, 0.4) is 0 Å². The molecule has 1 rings (SSSR count). The Morgan fingerprint density at radius 1 is 1.50 bits per heavy atom. The average molecular weight is 279 g/mol. The number of amides is 1. The highest BCUT2D eigenvalue weighted by Crippen LogP contribution is 2.38. The molecule has 1 heterocycles. The molecule has 0 radical (unpaired) electrons. The zero-order chi connectivity index (χ0) is 15.2. The Hall–Kier alpha value is -1.58. The molecule has 0 spiro atoms. The van der Waals surface area contributed by atoms with E-state index in [-0.39, 0.29) is 17.8 Å². The number of ether oxygens (including phenoxy) is 1. The number of hydrogen-bond donors (Lipinski definition) is 0. The van der Waals surface area contributed by atoms with Gasteiger partial charge in [0.1, 0.15) is 5.54 Å². The number of rotatable bonds is 8. The van der Waals surface area contributed by atoms with Crippen molar-refractivity contribution in [2.24, 2.45) is 5.92 Å². The summed E-state index contributed by atoms with van der Waals surface area (Å²) in [6.07, 6.45) is 6.10. The van der Waals surface area contributed by atoms with Crippen molar-refractivity contribution in [3.05, 3.63) is 25.3 Å². The minimum Gasteiger partial charge on any atom is -0.464 e. The van der Waals surface area contributed by atoms with Crippen LogP contribution in [0.2, 0.25) is 0 Å². The van der Waals surface area contributed by atoms with E-state index >= 15 is 0 Å². The first-order chi connectivity index (χ1) is 9.53. The van der Waals surface area contributed by atoms with Crippen LogP contribution in [0.4, 0.5) is 0 Å². The van der Waals surface area contributed by atoms with Crippen LogP contribution in [-0.4, -0.2) is 35.5 Å². The van der Waals surface area contributed by atoms with E-state index in [2.05, 4.69) is 13.2 Å². The summed E-state index contributed by atoms with van der Waals surface area (Å²) >= 11 is 0. The van der Waals surface area contributed by atoms with E-state index in [9.17, 15) is 9.59 Å². The zero-order valence-electron chi connectivity index (χ0n) is 12.6. The molecule has 20 heavy (non-hydrogen) atoms. The molecule has 112 valence electrons. The van der Waals surface area contributed by atoms with Crippen molar-refractivity contribution in [2.45, 2.75) is 45.1 Å². The number of nitrogens with zero attached hydrogens (tertiary/aromatic N) is 1. The summed E-state index contributed by atoms with van der Waals surface area (Å²) in [5.74, 6) is -0.428. The smallest absolute Gasteiger partial charge is 0.332 e. The predicted octanol–water partition coefficient (Wildman–Crippen LogP) is 2.70. The molecule has 1 unspecified atom stereocenters. The Labute approximate surface area is 121 Å². The van der Waals surface area contributed by atoms with Gasteiger partial charge in [-0.3, -0.25) is 4.79 Å². The van der Waals surface area contributed by atoms with Gasteiger partial charge in [-0.25, -0.2) is 4.79 Å². The van der Waals surface area contributed by atoms with Gasteiger partial charge >= 0.3 is 5.97 Å². The summed E-state index contributed by atoms with van der Waals surface area (Å²) in [6.45, 7) is 11.9. The van der Waals surface area contributed by atoms with E-state index in [1.807, 2.05) is 13.0 Å². The van der Waals surface area contributed by atoms with Gasteiger partial charge in [-0.1, -0.05) is 19.1 Å². The number of unbranched alkanes of at least 4 members (excludes halogenated alkanes) is 1. The number of likely N-dealkylation sites (tertiary alicyclic amines) is 1. The topological polar surface area (TPSA) is 46.6 Å². The Morgan fingerprint density at radius 3 is 2.75 bits per heavy atom. The molecule has 0 saturated carbocycles. The van der Waals surface area contributed by atoms with Crippen LogP contribution < -0.4 is 0 Å². The lowest BCUT2D eigenvalue weighted by Gasteiger charge is -2.35. The molecular weight excluding hydrogens is 254 g/mol. The van der Waals surface area contributed by atoms with Crippen molar-refractivity contribution in [3.8, 4) is 0 Å². The van der Waals surface area contributed by atoms with Crippen LogP contribution in [0.15, 0.2) is 25.3 Å². The summed E-state index contributed by atoms with van der Waals surface area (Å²) in [7, 11) is 0. The molecule has 1 saturated heterocycles. The second kappa shape index (κ2) is 7.27. The second-order valence-electron chi connectivity index (χ2n) is 5.27. The van der Waals surface area contributed by atoms with Crippen molar-refractivity contribution < 1.29 is 14.3 Å². The zero-order valence-corrected chi connectivity index (χ0v) is 12.6. The molecule has 0 aromatic rings. The third-order valence-corrected chi connectivity index (χ3v) is 3.78. The van der Waals surface area contributed by atoms with E-state index in [0.717, 1.165) is 12.8 Å². The monoisotopic (exact) mass is 279 g/mol. The molecule has 1 aliphatic heterocycles. The van der Waals surface area contributed by atoms with E-state index in [1.165, 1.54) is 0 Å². The maximum Gasteiger partial charge on any atom is 0.332 e. The van der Waals surface area contributed by atoms with Crippen LogP contribution >= 0.6 is 0 Å². The number of esters is 1. The highest BCUT2D eigenvalue weighted by molar-refractivity contribution is 5.93. The third kappa shape index (κ3) is 3.11. The first-order valence-corrected chi connectivity index (χ1v) is 7.24. The van der Waals surface area contributed by atoms with E-state index in [4.69, 9.17) is 4.74 Å². The second-order valence-corrected chi connectivity index (χ2v) is 5.27. The van der Waals surface area contributed by atoms with Gasteiger partial charge in [-0.2, -0.15) is 0 Å². The Morgan fingerprint density at radius 2 is 2.20 bits per heavy atom. The van der Waals surface area contributed by atoms with Gasteiger partial charge in [-0.05, 0) is 32.6 Å². The summed E-state index contributed by atoms with van der Waals surface area (Å²) in [6, 6.07) is 0. The highest BCUT2D eigenvalue weighted by atomic mass is 16.5. The van der Waals surface area contributed by atoms with Crippen molar-refractivity contribution in [1.29, 1.82) is 0 Å². The lowest BCUT2D eigenvalue weighted by Crippen LogP contribution is -2.52. The van der Waals surface area contributed by atoms with Gasteiger partial charge in [0.25, 0.3) is 0 Å². The molecule has 1 aliphatic rings. The fourth-order valence-corrected chi connectivity index (χ4v) is 2.87. The molecule has 1 fully saturated rings. The average Bonchev–Trinajstić information content (AvgIpc) is 2.65. The van der Waals surface area contributed by atoms with E-state index < -0.39 is 5.54 Å². The van der Waals surface area contributed by atoms with Crippen LogP contribution in [0, 0.1) is 5.92 Å². The van der Waals surface area contributed by atoms with Crippen LogP contribution in [0.1, 0.15) is 39.5 Å². The Bertz CT molecular complexity index is 391. The summed E-state index contributed by atoms with van der Waals surface area (Å²) < 4.78 is 5.21. The first kappa shape index (κ1) is 16.5. The molecule has 1 amide bonds. The minimum absolute atomic E-state index is 0.0314. The summed E-state index contributed by atoms with van der Waals surface area (Å²) in [5.41, 5.74) is -0.866. The standard InChI is InChI=1S/C16H25NO3/c1-5-8-9-11-17-14(18)13(4)12-16(17,10-6-2)15(19)20-7-3/h5-6,13H,1-2,7-12H2,3-4H3/t13?,16-/m0/s1. The van der Waals surface area contributed by atoms with E-state index in [0.29, 0.717) is 26.0 Å². The molecule has 0 aliphatic carbocycles. The van der Waals surface area contributed by atoms with Gasteiger partial charge in [0, 0.05) is 12.5 Å². The number of carbonyl (C=O) groups is 2. The molecule has 0 bridgehead atoms. The first-order valence-electron chi connectivity index (χ1n) is 7.24. The minimum atomic E-state index is -0.866. The van der Waals surface area contributed by atoms with Crippen LogP contribution in [0.5, 0.6) is 0 Å². The van der Waals surface area contributed by atoms with Gasteiger partial charge in [0.15, 0.2) is 0 Å². The lowest BCUT2D eigenvalue weighted by atomic mass is 9.89. The maximum atomic E-state index is 12.4. The summed E-state index contributed by atoms with van der Waals surface area (Å²) in [5, 5.41) is 0. The number of allylic oxidation sites excluding steroid dienone is 1. The molecular formula is C16H25NO3. The maximum absolute atomic E-state index is 12.4. The fourth-order valence-electron chi connectivity index (χ4n) is 2.87. The SMILES string of the molecule is C=CCCCN1C(=O)C(C)C[C@@]1(CC=C)C(=O)OCC. The molecule has 0 N–H and O–H groups in total. The molecule has 4 nitrogen and oxygen atoms in total. The summed E-state index contributed by atoms with van der Waals surface area (Å²) in [4.78, 5) is 26.5. The third-order valence-electron chi connectivity index (χ3n) is 3.78. The Kier molecular flexibility index (Phi) is 5.99. The van der Waals surface area contributed by atoms with Crippen molar-refractivity contribution >= 4 is 11.9 Å².